The zero-order valence-electron chi connectivity index (χ0n) is 15.2. The third kappa shape index (κ3) is 2.02. The molecular weight excluding hydrogens is 316 g/mol. The van der Waals surface area contributed by atoms with Crippen molar-refractivity contribution >= 4 is 32.7 Å². The first-order chi connectivity index (χ1) is 12.6. The summed E-state index contributed by atoms with van der Waals surface area (Å²) in [5.41, 5.74) is 7.07. The fourth-order valence-corrected chi connectivity index (χ4v) is 4.23. The van der Waals surface area contributed by atoms with E-state index in [0.717, 1.165) is 16.9 Å². The lowest BCUT2D eigenvalue weighted by Crippen LogP contribution is -1.95. The van der Waals surface area contributed by atoms with Crippen LogP contribution in [0.25, 0.3) is 44.0 Å². The Morgan fingerprint density at radius 1 is 0.769 bits per heavy atom. The van der Waals surface area contributed by atoms with E-state index < -0.39 is 0 Å². The zero-order chi connectivity index (χ0) is 17.8. The summed E-state index contributed by atoms with van der Waals surface area (Å²) in [5, 5.41) is 5.08. The van der Waals surface area contributed by atoms with Gasteiger partial charge < -0.3 is 4.57 Å². The average Bonchev–Trinajstić information content (AvgIpc) is 2.94. The van der Waals surface area contributed by atoms with Gasteiger partial charge in [0.2, 0.25) is 0 Å². The fraction of sp³-hybridized carbons (Fsp3) is 0.125. The maximum Gasteiger partial charge on any atom is 0.142 e. The molecule has 3 aromatic carbocycles. The minimum Gasteiger partial charge on any atom is -0.328 e. The summed E-state index contributed by atoms with van der Waals surface area (Å²) in [6.45, 7) is 4.37. The van der Waals surface area contributed by atoms with E-state index in [1.54, 1.807) is 0 Å². The maximum absolute atomic E-state index is 5.16. The number of fused-ring (bicyclic) bond motifs is 5. The van der Waals surface area contributed by atoms with Crippen molar-refractivity contribution in [1.29, 1.82) is 0 Å². The van der Waals surface area contributed by atoms with Crippen LogP contribution in [0.2, 0.25) is 0 Å². The number of aromatic nitrogens is 2. The van der Waals surface area contributed by atoms with E-state index in [4.69, 9.17) is 4.98 Å². The van der Waals surface area contributed by atoms with Gasteiger partial charge in [-0.05, 0) is 36.9 Å². The molecule has 0 saturated heterocycles. The Kier molecular flexibility index (Phi) is 3.17. The summed E-state index contributed by atoms with van der Waals surface area (Å²) in [5.74, 6) is 0. The highest BCUT2D eigenvalue weighted by molar-refractivity contribution is 6.22. The first kappa shape index (κ1) is 15.2. The molecule has 0 atom stereocenters. The van der Waals surface area contributed by atoms with Gasteiger partial charge in [0.15, 0.2) is 0 Å². The van der Waals surface area contributed by atoms with Gasteiger partial charge in [0.1, 0.15) is 5.65 Å². The second-order valence-corrected chi connectivity index (χ2v) is 7.11. The monoisotopic (exact) mass is 336 g/mol. The molecule has 0 spiro atoms. The van der Waals surface area contributed by atoms with Crippen LogP contribution in [0.1, 0.15) is 11.1 Å². The van der Waals surface area contributed by atoms with E-state index in [1.165, 1.54) is 38.2 Å². The second kappa shape index (κ2) is 5.43. The number of nitrogens with zero attached hydrogens (tertiary/aromatic N) is 2. The van der Waals surface area contributed by atoms with E-state index in [1.807, 2.05) is 0 Å². The Hall–Kier alpha value is -3.13. The molecule has 2 heterocycles. The lowest BCUT2D eigenvalue weighted by molar-refractivity contribution is 0.992. The molecule has 0 N–H and O–H groups in total. The van der Waals surface area contributed by atoms with Crippen molar-refractivity contribution in [2.75, 3.05) is 0 Å². The van der Waals surface area contributed by atoms with E-state index in [9.17, 15) is 0 Å². The topological polar surface area (TPSA) is 17.8 Å². The molecule has 0 amide bonds. The average molecular weight is 336 g/mol. The Bertz CT molecular complexity index is 1290. The molecular formula is C24H20N2. The van der Waals surface area contributed by atoms with Crippen LogP contribution in [-0.4, -0.2) is 9.55 Å². The minimum absolute atomic E-state index is 1.05. The smallest absolute Gasteiger partial charge is 0.142 e. The molecule has 0 aliphatic carbocycles. The predicted octanol–water partition coefficient (Wildman–Crippen LogP) is 6.16. The highest BCUT2D eigenvalue weighted by Crippen LogP contribution is 2.39. The molecule has 2 aromatic heterocycles. The van der Waals surface area contributed by atoms with Crippen molar-refractivity contribution in [3.05, 3.63) is 77.9 Å². The van der Waals surface area contributed by atoms with Crippen LogP contribution in [-0.2, 0) is 7.05 Å². The molecule has 0 saturated carbocycles. The standard InChI is InChI=1S/C24H20N2/c1-15-13-16(2)21-19(14-15)23(17-9-5-4-6-10-17)25-24-22(21)18-11-7-8-12-20(18)26(24)3/h4-14H,1-3H3. The first-order valence-corrected chi connectivity index (χ1v) is 8.98. The summed E-state index contributed by atoms with van der Waals surface area (Å²) in [6, 6.07) is 23.7. The summed E-state index contributed by atoms with van der Waals surface area (Å²) in [7, 11) is 2.11. The zero-order valence-corrected chi connectivity index (χ0v) is 15.2. The molecule has 0 radical (unpaired) electrons. The van der Waals surface area contributed by atoms with Crippen LogP contribution in [0.3, 0.4) is 0 Å². The lowest BCUT2D eigenvalue weighted by atomic mass is 9.95. The van der Waals surface area contributed by atoms with Gasteiger partial charge in [-0.1, -0.05) is 60.2 Å². The predicted molar refractivity (Wildman–Crippen MR) is 111 cm³/mol. The Labute approximate surface area is 152 Å². The summed E-state index contributed by atoms with van der Waals surface area (Å²) < 4.78 is 2.22. The number of aryl methyl sites for hydroxylation is 3. The third-order valence-electron chi connectivity index (χ3n) is 5.33. The number of benzene rings is 3. The van der Waals surface area contributed by atoms with E-state index in [0.29, 0.717) is 0 Å². The minimum atomic E-state index is 1.05. The second-order valence-electron chi connectivity index (χ2n) is 7.11. The number of hydrogen-bond acceptors (Lipinski definition) is 1. The largest absolute Gasteiger partial charge is 0.328 e. The van der Waals surface area contributed by atoms with Gasteiger partial charge in [0.05, 0.1) is 11.2 Å². The summed E-state index contributed by atoms with van der Waals surface area (Å²) in [6.07, 6.45) is 0. The van der Waals surface area contributed by atoms with Gasteiger partial charge in [-0.2, -0.15) is 0 Å². The normalized spacial score (nSPS) is 11.7. The molecule has 0 aliphatic rings. The molecule has 5 rings (SSSR count). The molecule has 2 nitrogen and oxygen atoms in total. The Balaban J connectivity index is 2.10. The van der Waals surface area contributed by atoms with E-state index in [-0.39, 0.29) is 0 Å². The molecule has 0 fully saturated rings. The van der Waals surface area contributed by atoms with Crippen LogP contribution < -0.4 is 0 Å². The SMILES string of the molecule is Cc1cc(C)c2c(c1)c(-c1ccccc1)nc1c2c2ccccc2n1C. The summed E-state index contributed by atoms with van der Waals surface area (Å²) >= 11 is 0. The number of hydrogen-bond donors (Lipinski definition) is 0. The highest BCUT2D eigenvalue weighted by Gasteiger charge is 2.18. The van der Waals surface area contributed by atoms with Crippen LogP contribution in [0.15, 0.2) is 66.7 Å². The van der Waals surface area contributed by atoms with Crippen molar-refractivity contribution in [3.8, 4) is 11.3 Å². The van der Waals surface area contributed by atoms with Crippen molar-refractivity contribution in [1.82, 2.24) is 9.55 Å². The fourth-order valence-electron chi connectivity index (χ4n) is 4.23. The summed E-state index contributed by atoms with van der Waals surface area (Å²) in [4.78, 5) is 5.16. The number of pyridine rings is 1. The number of rotatable bonds is 1. The van der Waals surface area contributed by atoms with Crippen molar-refractivity contribution < 1.29 is 0 Å². The van der Waals surface area contributed by atoms with E-state index in [2.05, 4.69) is 92.2 Å². The van der Waals surface area contributed by atoms with Crippen LogP contribution in [0, 0.1) is 13.8 Å². The lowest BCUT2D eigenvalue weighted by Gasteiger charge is -2.12. The van der Waals surface area contributed by atoms with Gasteiger partial charge >= 0.3 is 0 Å². The van der Waals surface area contributed by atoms with Crippen LogP contribution in [0.4, 0.5) is 0 Å². The van der Waals surface area contributed by atoms with E-state index >= 15 is 0 Å². The molecule has 0 unspecified atom stereocenters. The molecule has 0 bridgehead atoms. The van der Waals surface area contributed by atoms with Gasteiger partial charge in [0.25, 0.3) is 0 Å². The van der Waals surface area contributed by atoms with Crippen molar-refractivity contribution in [2.45, 2.75) is 13.8 Å². The van der Waals surface area contributed by atoms with Gasteiger partial charge in [-0.25, -0.2) is 4.98 Å². The Morgan fingerprint density at radius 3 is 2.31 bits per heavy atom. The molecule has 5 aromatic rings. The van der Waals surface area contributed by atoms with Gasteiger partial charge in [-0.15, -0.1) is 0 Å². The van der Waals surface area contributed by atoms with Crippen LogP contribution >= 0.6 is 0 Å². The third-order valence-corrected chi connectivity index (χ3v) is 5.33. The molecule has 2 heteroatoms. The quantitative estimate of drug-likeness (QED) is 0.358. The first-order valence-electron chi connectivity index (χ1n) is 8.98. The Morgan fingerprint density at radius 2 is 1.50 bits per heavy atom. The molecule has 26 heavy (non-hydrogen) atoms. The van der Waals surface area contributed by atoms with Gasteiger partial charge in [0, 0.05) is 28.8 Å². The number of para-hydroxylation sites is 1. The molecule has 126 valence electrons. The highest BCUT2D eigenvalue weighted by atomic mass is 15.0. The van der Waals surface area contributed by atoms with Gasteiger partial charge in [-0.3, -0.25) is 0 Å². The molecule has 0 aliphatic heterocycles. The van der Waals surface area contributed by atoms with Crippen molar-refractivity contribution in [3.63, 3.8) is 0 Å². The van der Waals surface area contributed by atoms with Crippen molar-refractivity contribution in [2.24, 2.45) is 7.05 Å². The maximum atomic E-state index is 5.16. The van der Waals surface area contributed by atoms with Crippen LogP contribution in [0.5, 0.6) is 0 Å².